The van der Waals surface area contributed by atoms with E-state index in [-0.39, 0.29) is 33.7 Å². The number of rotatable bonds is 20. The third-order valence-corrected chi connectivity index (χ3v) is 14.5. The Bertz CT molecular complexity index is 739. The molecule has 50 heavy (non-hydrogen) atoms. The summed E-state index contributed by atoms with van der Waals surface area (Å²) in [6.07, 6.45) is 33.9. The molecular weight excluding hydrogens is 722 g/mol. The Morgan fingerprint density at radius 2 is 0.620 bits per heavy atom. The second kappa shape index (κ2) is 32.6. The van der Waals surface area contributed by atoms with Crippen molar-refractivity contribution in [1.82, 2.24) is 0 Å². The predicted molar refractivity (Wildman–Crippen MR) is 230 cm³/mol. The molecule has 0 aromatic heterocycles. The van der Waals surface area contributed by atoms with Crippen molar-refractivity contribution in [2.24, 2.45) is 17.8 Å². The SMILES string of the molecule is CCCCC(Cl)C1CCCCCC(C(Cl)CCCC)CCCC(C(Cl)CCCC)OC(C(Cl)CCCC)CCCC(C(Cl)CCCC)CCC1. The molecule has 1 aliphatic heterocycles. The van der Waals surface area contributed by atoms with Crippen molar-refractivity contribution in [2.75, 3.05) is 0 Å². The van der Waals surface area contributed by atoms with Gasteiger partial charge in [0, 0.05) is 16.1 Å². The van der Waals surface area contributed by atoms with E-state index in [0.717, 1.165) is 89.9 Å². The van der Waals surface area contributed by atoms with Crippen LogP contribution in [0.25, 0.3) is 0 Å². The molecule has 10 unspecified atom stereocenters. The summed E-state index contributed by atoms with van der Waals surface area (Å²) in [5.74, 6) is 1.72. The van der Waals surface area contributed by atoms with Crippen LogP contribution < -0.4 is 0 Å². The zero-order valence-corrected chi connectivity index (χ0v) is 37.4. The van der Waals surface area contributed by atoms with Crippen molar-refractivity contribution in [3.8, 4) is 0 Å². The van der Waals surface area contributed by atoms with E-state index in [2.05, 4.69) is 34.6 Å². The Hall–Kier alpha value is 1.41. The van der Waals surface area contributed by atoms with E-state index in [1.807, 2.05) is 0 Å². The molecule has 0 radical (unpaired) electrons. The third kappa shape index (κ3) is 22.7. The molecule has 0 aliphatic carbocycles. The Morgan fingerprint density at radius 3 is 0.920 bits per heavy atom. The Morgan fingerprint density at radius 1 is 0.360 bits per heavy atom. The molecule has 6 heteroatoms. The lowest BCUT2D eigenvalue weighted by Gasteiger charge is -2.32. The summed E-state index contributed by atoms with van der Waals surface area (Å²) in [6, 6.07) is 0. The van der Waals surface area contributed by atoms with Gasteiger partial charge in [-0.2, -0.15) is 0 Å². The zero-order valence-electron chi connectivity index (χ0n) is 33.6. The normalized spacial score (nSPS) is 27.6. The van der Waals surface area contributed by atoms with Gasteiger partial charge in [-0.1, -0.05) is 137 Å². The highest BCUT2D eigenvalue weighted by Gasteiger charge is 2.30. The van der Waals surface area contributed by atoms with Crippen LogP contribution >= 0.6 is 58.0 Å². The minimum absolute atomic E-state index is 0.0224. The Labute approximate surface area is 338 Å². The molecule has 0 saturated carbocycles. The topological polar surface area (TPSA) is 9.23 Å². The van der Waals surface area contributed by atoms with E-state index < -0.39 is 0 Å². The molecule has 0 aromatic carbocycles. The van der Waals surface area contributed by atoms with E-state index in [1.165, 1.54) is 96.3 Å². The number of unbranched alkanes of at least 4 members (excludes halogenated alkanes) is 5. The summed E-state index contributed by atoms with van der Waals surface area (Å²) in [4.78, 5) is 0. The van der Waals surface area contributed by atoms with E-state index in [4.69, 9.17) is 62.7 Å². The predicted octanol–water partition coefficient (Wildman–Crippen LogP) is 17.1. The van der Waals surface area contributed by atoms with Gasteiger partial charge in [0.25, 0.3) is 0 Å². The number of halogens is 5. The van der Waals surface area contributed by atoms with Gasteiger partial charge >= 0.3 is 0 Å². The molecule has 1 saturated heterocycles. The van der Waals surface area contributed by atoms with Gasteiger partial charge in [-0.15, -0.1) is 58.0 Å². The Kier molecular flexibility index (Phi) is 32.3. The molecule has 0 aromatic rings. The zero-order chi connectivity index (χ0) is 37.0. The van der Waals surface area contributed by atoms with Crippen molar-refractivity contribution >= 4 is 58.0 Å². The highest BCUT2D eigenvalue weighted by molar-refractivity contribution is 6.22. The maximum Gasteiger partial charge on any atom is 0.0743 e. The average Bonchev–Trinajstić information content (AvgIpc) is 3.11. The molecule has 1 fully saturated rings. The first-order valence-electron chi connectivity index (χ1n) is 22.1. The van der Waals surface area contributed by atoms with E-state index >= 15 is 0 Å². The first-order valence-corrected chi connectivity index (χ1v) is 24.3. The first-order chi connectivity index (χ1) is 24.2. The van der Waals surface area contributed by atoms with Crippen LogP contribution in [-0.4, -0.2) is 39.1 Å². The lowest BCUT2D eigenvalue weighted by atomic mass is 9.84. The van der Waals surface area contributed by atoms with Crippen molar-refractivity contribution in [1.29, 1.82) is 0 Å². The molecule has 10 atom stereocenters. The second-order valence-electron chi connectivity index (χ2n) is 16.2. The summed E-state index contributed by atoms with van der Waals surface area (Å²) in [6.45, 7) is 11.3. The van der Waals surface area contributed by atoms with E-state index in [9.17, 15) is 0 Å². The number of hydrogen-bond acceptors (Lipinski definition) is 1. The second-order valence-corrected chi connectivity index (χ2v) is 19.0. The lowest BCUT2D eigenvalue weighted by molar-refractivity contribution is -0.0290. The van der Waals surface area contributed by atoms with Gasteiger partial charge in [0.05, 0.1) is 23.0 Å². The fraction of sp³-hybridized carbons (Fsp3) is 1.00. The maximum atomic E-state index is 7.22. The van der Waals surface area contributed by atoms with Crippen molar-refractivity contribution in [2.45, 2.75) is 260 Å². The lowest BCUT2D eigenvalue weighted by Crippen LogP contribution is -2.35. The van der Waals surface area contributed by atoms with Crippen LogP contribution in [-0.2, 0) is 4.74 Å². The summed E-state index contributed by atoms with van der Waals surface area (Å²) in [5, 5.41) is 0.854. The van der Waals surface area contributed by atoms with Gasteiger partial charge in [0.1, 0.15) is 0 Å². The Balaban J connectivity index is 3.29. The van der Waals surface area contributed by atoms with Gasteiger partial charge in [-0.25, -0.2) is 0 Å². The largest absolute Gasteiger partial charge is 0.372 e. The van der Waals surface area contributed by atoms with Gasteiger partial charge in [0.15, 0.2) is 0 Å². The fourth-order valence-electron chi connectivity index (χ4n) is 8.28. The quantitative estimate of drug-likeness (QED) is 0.111. The number of alkyl halides is 5. The van der Waals surface area contributed by atoms with Gasteiger partial charge in [0.2, 0.25) is 0 Å². The average molecular weight is 805 g/mol. The fourth-order valence-corrected chi connectivity index (χ4v) is 10.2. The number of ether oxygens (including phenoxy) is 1. The molecule has 1 aliphatic rings. The van der Waals surface area contributed by atoms with Crippen molar-refractivity contribution < 1.29 is 4.74 Å². The molecule has 1 heterocycles. The van der Waals surface area contributed by atoms with E-state index in [0.29, 0.717) is 23.1 Å². The summed E-state index contributed by atoms with van der Waals surface area (Å²) in [5.41, 5.74) is 0. The summed E-state index contributed by atoms with van der Waals surface area (Å²) < 4.78 is 7.10. The van der Waals surface area contributed by atoms with E-state index in [1.54, 1.807) is 0 Å². The third-order valence-electron chi connectivity index (χ3n) is 11.8. The molecular formula is C44H83Cl5O. The smallest absolute Gasteiger partial charge is 0.0743 e. The number of hydrogen-bond donors (Lipinski definition) is 0. The maximum absolute atomic E-state index is 7.22. The first kappa shape index (κ1) is 49.4. The van der Waals surface area contributed by atoms with Crippen LogP contribution in [0, 0.1) is 17.8 Å². The van der Waals surface area contributed by atoms with Crippen LogP contribution in [0.15, 0.2) is 0 Å². The van der Waals surface area contributed by atoms with Gasteiger partial charge < -0.3 is 4.74 Å². The molecule has 0 spiro atoms. The molecule has 1 rings (SSSR count). The van der Waals surface area contributed by atoms with Gasteiger partial charge in [-0.3, -0.25) is 0 Å². The molecule has 0 N–H and O–H groups in total. The van der Waals surface area contributed by atoms with Gasteiger partial charge in [-0.05, 0) is 101 Å². The minimum Gasteiger partial charge on any atom is -0.372 e. The molecule has 0 amide bonds. The monoisotopic (exact) mass is 802 g/mol. The van der Waals surface area contributed by atoms with Crippen molar-refractivity contribution in [3.05, 3.63) is 0 Å². The van der Waals surface area contributed by atoms with Crippen LogP contribution in [0.5, 0.6) is 0 Å². The highest BCUT2D eigenvalue weighted by atomic mass is 35.5. The summed E-state index contributed by atoms with van der Waals surface area (Å²) in [7, 11) is 0. The van der Waals surface area contributed by atoms with Crippen LogP contribution in [0.2, 0.25) is 0 Å². The molecule has 0 bridgehead atoms. The van der Waals surface area contributed by atoms with Crippen LogP contribution in [0.4, 0.5) is 0 Å². The summed E-state index contributed by atoms with van der Waals surface area (Å²) >= 11 is 36.0. The van der Waals surface area contributed by atoms with Crippen molar-refractivity contribution in [3.63, 3.8) is 0 Å². The minimum atomic E-state index is 0.0224. The highest BCUT2D eigenvalue weighted by Crippen LogP contribution is 2.35. The standard InChI is InChI=1S/C44H83Cl5O/c1-6-11-28-38(45)35-22-17-16-18-23-36(39(46)29-12-7-2)26-20-33-43(41(48)31-14-9-4)50-44(42(49)32-15-10-5)34-21-27-37(25-19-24-35)40(47)30-13-8-3/h35-44H,6-34H2,1-5H3. The molecule has 1 nitrogen and oxygen atoms in total. The van der Waals surface area contributed by atoms with Crippen LogP contribution in [0.1, 0.15) is 221 Å². The van der Waals surface area contributed by atoms with Crippen LogP contribution in [0.3, 0.4) is 0 Å². The molecule has 300 valence electrons.